The van der Waals surface area contributed by atoms with Crippen LogP contribution in [0.3, 0.4) is 0 Å². The third kappa shape index (κ3) is 3.18. The zero-order chi connectivity index (χ0) is 14.1. The number of piperidine rings is 1. The molecule has 0 aliphatic carbocycles. The van der Waals surface area contributed by atoms with Crippen LogP contribution in [0, 0.1) is 0 Å². The molecule has 1 unspecified atom stereocenters. The first-order chi connectivity index (χ1) is 8.87. The molecule has 0 N–H and O–H groups in total. The highest BCUT2D eigenvalue weighted by molar-refractivity contribution is 9.10. The highest BCUT2D eigenvalue weighted by Gasteiger charge is 2.36. The molecule has 4 nitrogen and oxygen atoms in total. The molecule has 1 fully saturated rings. The van der Waals surface area contributed by atoms with Crippen LogP contribution in [-0.2, 0) is 14.8 Å². The van der Waals surface area contributed by atoms with Crippen molar-refractivity contribution in [3.05, 3.63) is 28.7 Å². The summed E-state index contributed by atoms with van der Waals surface area (Å²) in [7, 11) is -1.81. The molecule has 1 heterocycles. The van der Waals surface area contributed by atoms with Gasteiger partial charge in [-0.3, -0.25) is 0 Å². The standard InChI is InChI=1S/C13H18BrNO3S/c1-13(18-2)7-4-8-15(10-13)19(16,17)12-6-3-5-11(14)9-12/h3,5-6,9H,4,7-8,10H2,1-2H3. The van der Waals surface area contributed by atoms with Crippen LogP contribution in [-0.4, -0.2) is 38.5 Å². The minimum atomic E-state index is -3.44. The van der Waals surface area contributed by atoms with Crippen LogP contribution in [0.4, 0.5) is 0 Å². The van der Waals surface area contributed by atoms with Crippen LogP contribution in [0.15, 0.2) is 33.6 Å². The SMILES string of the molecule is COC1(C)CCCN(S(=O)(=O)c2cccc(Br)c2)C1. The van der Waals surface area contributed by atoms with E-state index >= 15 is 0 Å². The van der Waals surface area contributed by atoms with Gasteiger partial charge in [0.05, 0.1) is 10.5 Å². The summed E-state index contributed by atoms with van der Waals surface area (Å²) in [5, 5.41) is 0. The van der Waals surface area contributed by atoms with Crippen molar-refractivity contribution in [2.45, 2.75) is 30.3 Å². The molecule has 0 amide bonds. The number of halogens is 1. The van der Waals surface area contributed by atoms with E-state index in [1.807, 2.05) is 13.0 Å². The summed E-state index contributed by atoms with van der Waals surface area (Å²) >= 11 is 3.31. The van der Waals surface area contributed by atoms with E-state index in [-0.39, 0.29) is 0 Å². The number of ether oxygens (including phenoxy) is 1. The molecule has 1 saturated heterocycles. The van der Waals surface area contributed by atoms with Crippen molar-refractivity contribution in [1.29, 1.82) is 0 Å². The van der Waals surface area contributed by atoms with Crippen LogP contribution in [0.2, 0.25) is 0 Å². The molecule has 1 atom stereocenters. The van der Waals surface area contributed by atoms with Gasteiger partial charge in [0.1, 0.15) is 0 Å². The molecular formula is C13H18BrNO3S. The molecule has 0 radical (unpaired) electrons. The highest BCUT2D eigenvalue weighted by atomic mass is 79.9. The van der Waals surface area contributed by atoms with Crippen molar-refractivity contribution in [3.63, 3.8) is 0 Å². The maximum atomic E-state index is 12.6. The van der Waals surface area contributed by atoms with Gasteiger partial charge in [0.2, 0.25) is 10.0 Å². The minimum Gasteiger partial charge on any atom is -0.377 e. The minimum absolute atomic E-state index is 0.322. The van der Waals surface area contributed by atoms with Crippen molar-refractivity contribution in [2.24, 2.45) is 0 Å². The Morgan fingerprint density at radius 2 is 2.16 bits per heavy atom. The van der Waals surface area contributed by atoms with Crippen molar-refractivity contribution >= 4 is 26.0 Å². The second-order valence-corrected chi connectivity index (χ2v) is 7.91. The fourth-order valence-electron chi connectivity index (χ4n) is 2.31. The molecule has 106 valence electrons. The van der Waals surface area contributed by atoms with Gasteiger partial charge in [-0.1, -0.05) is 22.0 Å². The van der Waals surface area contributed by atoms with Gasteiger partial charge in [0.15, 0.2) is 0 Å². The van der Waals surface area contributed by atoms with E-state index in [1.54, 1.807) is 25.3 Å². The average Bonchev–Trinajstić information content (AvgIpc) is 2.39. The first-order valence-electron chi connectivity index (χ1n) is 6.18. The maximum absolute atomic E-state index is 12.6. The zero-order valence-electron chi connectivity index (χ0n) is 11.1. The Balaban J connectivity index is 2.30. The zero-order valence-corrected chi connectivity index (χ0v) is 13.5. The number of methoxy groups -OCH3 is 1. The quantitative estimate of drug-likeness (QED) is 0.844. The van der Waals surface area contributed by atoms with Gasteiger partial charge < -0.3 is 4.74 Å². The first kappa shape index (κ1) is 15.0. The Kier molecular flexibility index (Phi) is 4.35. The third-order valence-corrected chi connectivity index (χ3v) is 5.89. The molecule has 19 heavy (non-hydrogen) atoms. The number of benzene rings is 1. The number of rotatable bonds is 3. The fraction of sp³-hybridized carbons (Fsp3) is 0.538. The number of hydrogen-bond donors (Lipinski definition) is 0. The summed E-state index contributed by atoms with van der Waals surface area (Å²) in [6.45, 7) is 2.90. The maximum Gasteiger partial charge on any atom is 0.243 e. The molecule has 1 aromatic carbocycles. The van der Waals surface area contributed by atoms with Crippen molar-refractivity contribution in [1.82, 2.24) is 4.31 Å². The summed E-state index contributed by atoms with van der Waals surface area (Å²) < 4.78 is 32.9. The van der Waals surface area contributed by atoms with Crippen LogP contribution in [0.1, 0.15) is 19.8 Å². The van der Waals surface area contributed by atoms with E-state index in [0.29, 0.717) is 18.0 Å². The van der Waals surface area contributed by atoms with Crippen LogP contribution >= 0.6 is 15.9 Å². The second kappa shape index (κ2) is 5.52. The van der Waals surface area contributed by atoms with Gasteiger partial charge in [0, 0.05) is 24.7 Å². The van der Waals surface area contributed by atoms with E-state index in [4.69, 9.17) is 4.74 Å². The van der Waals surface area contributed by atoms with Crippen molar-refractivity contribution in [3.8, 4) is 0 Å². The predicted octanol–water partition coefficient (Wildman–Crippen LogP) is 2.64. The lowest BCUT2D eigenvalue weighted by Gasteiger charge is -2.38. The summed E-state index contributed by atoms with van der Waals surface area (Å²) in [6.07, 6.45) is 1.70. The summed E-state index contributed by atoms with van der Waals surface area (Å²) in [6, 6.07) is 6.80. The first-order valence-corrected chi connectivity index (χ1v) is 8.42. The Labute approximate surface area is 122 Å². The molecule has 1 aromatic rings. The normalized spacial score (nSPS) is 25.4. The Morgan fingerprint density at radius 1 is 1.42 bits per heavy atom. The summed E-state index contributed by atoms with van der Waals surface area (Å²) in [4.78, 5) is 0.322. The molecule has 1 aliphatic heterocycles. The molecule has 6 heteroatoms. The molecule has 2 rings (SSSR count). The lowest BCUT2D eigenvalue weighted by molar-refractivity contribution is -0.0319. The van der Waals surface area contributed by atoms with Crippen LogP contribution in [0.25, 0.3) is 0 Å². The lowest BCUT2D eigenvalue weighted by Crippen LogP contribution is -2.49. The molecule has 0 saturated carbocycles. The van der Waals surface area contributed by atoms with Gasteiger partial charge in [0.25, 0.3) is 0 Å². The number of sulfonamides is 1. The second-order valence-electron chi connectivity index (χ2n) is 5.05. The highest BCUT2D eigenvalue weighted by Crippen LogP contribution is 2.29. The van der Waals surface area contributed by atoms with E-state index in [0.717, 1.165) is 17.3 Å². The van der Waals surface area contributed by atoms with E-state index < -0.39 is 15.6 Å². The number of nitrogens with zero attached hydrogens (tertiary/aromatic N) is 1. The average molecular weight is 348 g/mol. The van der Waals surface area contributed by atoms with Gasteiger partial charge in [-0.2, -0.15) is 4.31 Å². The molecule has 0 spiro atoms. The topological polar surface area (TPSA) is 46.6 Å². The van der Waals surface area contributed by atoms with E-state index in [1.165, 1.54) is 4.31 Å². The molecule has 0 aromatic heterocycles. The van der Waals surface area contributed by atoms with E-state index in [2.05, 4.69) is 15.9 Å². The summed E-state index contributed by atoms with van der Waals surface area (Å²) in [5.41, 5.74) is -0.392. The Morgan fingerprint density at radius 3 is 2.79 bits per heavy atom. The lowest BCUT2D eigenvalue weighted by atomic mass is 9.96. The fourth-order valence-corrected chi connectivity index (χ4v) is 4.50. The van der Waals surface area contributed by atoms with Gasteiger partial charge >= 0.3 is 0 Å². The monoisotopic (exact) mass is 347 g/mol. The Bertz CT molecular complexity index is 561. The van der Waals surface area contributed by atoms with Crippen LogP contribution in [0.5, 0.6) is 0 Å². The third-order valence-electron chi connectivity index (χ3n) is 3.55. The smallest absolute Gasteiger partial charge is 0.243 e. The van der Waals surface area contributed by atoms with Crippen LogP contribution < -0.4 is 0 Å². The molecular weight excluding hydrogens is 330 g/mol. The molecule has 0 bridgehead atoms. The number of hydrogen-bond acceptors (Lipinski definition) is 3. The van der Waals surface area contributed by atoms with Crippen molar-refractivity contribution < 1.29 is 13.2 Å². The largest absolute Gasteiger partial charge is 0.377 e. The van der Waals surface area contributed by atoms with Gasteiger partial charge in [-0.15, -0.1) is 0 Å². The van der Waals surface area contributed by atoms with Gasteiger partial charge in [-0.05, 0) is 38.0 Å². The summed E-state index contributed by atoms with van der Waals surface area (Å²) in [5.74, 6) is 0. The van der Waals surface area contributed by atoms with E-state index in [9.17, 15) is 8.42 Å². The van der Waals surface area contributed by atoms with Gasteiger partial charge in [-0.25, -0.2) is 8.42 Å². The molecule has 1 aliphatic rings. The predicted molar refractivity (Wildman–Crippen MR) is 77.5 cm³/mol. The van der Waals surface area contributed by atoms with Crippen molar-refractivity contribution in [2.75, 3.05) is 20.2 Å². The Hall–Kier alpha value is -0.430.